The third-order valence-corrected chi connectivity index (χ3v) is 8.41. The number of carbonyl (C=O) groups is 1. The van der Waals surface area contributed by atoms with Crippen molar-refractivity contribution in [1.29, 1.82) is 0 Å². The van der Waals surface area contributed by atoms with Gasteiger partial charge in [0.2, 0.25) is 5.91 Å². The van der Waals surface area contributed by atoms with Gasteiger partial charge in [0, 0.05) is 17.4 Å². The summed E-state index contributed by atoms with van der Waals surface area (Å²) >= 11 is 0. The maximum atomic E-state index is 13.6. The minimum atomic E-state index is -4.88. The predicted molar refractivity (Wildman–Crippen MR) is 165 cm³/mol. The van der Waals surface area contributed by atoms with Crippen molar-refractivity contribution in [2.75, 3.05) is 4.90 Å². The highest BCUT2D eigenvalue weighted by atomic mass is 32.2. The van der Waals surface area contributed by atoms with Crippen LogP contribution in [-0.4, -0.2) is 36.3 Å². The van der Waals surface area contributed by atoms with Gasteiger partial charge >= 0.3 is 12.5 Å². The van der Waals surface area contributed by atoms with Gasteiger partial charge in [-0.1, -0.05) is 35.9 Å². The van der Waals surface area contributed by atoms with Gasteiger partial charge in [-0.2, -0.15) is 21.6 Å². The van der Waals surface area contributed by atoms with Crippen LogP contribution in [0.3, 0.4) is 0 Å². The van der Waals surface area contributed by atoms with Gasteiger partial charge in [0.1, 0.15) is 17.3 Å². The van der Waals surface area contributed by atoms with Crippen LogP contribution in [-0.2, 0) is 26.6 Å². The lowest BCUT2D eigenvalue weighted by molar-refractivity contribution is -0.274. The molecular weight excluding hydrogens is 683 g/mol. The van der Waals surface area contributed by atoms with Gasteiger partial charge in [-0.25, -0.2) is 4.39 Å². The number of aryl methyl sites for hydroxylation is 1. The van der Waals surface area contributed by atoms with E-state index in [4.69, 9.17) is 4.55 Å². The van der Waals surface area contributed by atoms with Crippen LogP contribution in [0.15, 0.2) is 96.0 Å². The minimum absolute atomic E-state index is 0.0666. The smallest absolute Gasteiger partial charge is 0.406 e. The minimum Gasteiger partial charge on any atom is -0.406 e. The SMILES string of the molecule is CC(C)(N[C@H]1C[C@@H](c2ccc(F)cc2)N(c2ccc(OC(F)(F)F)cc2)C1=O)c1ccc(C(F)(F)F)nc1.Cc1ccc(S(=O)(=O)O)cc1. The Hall–Kier alpha value is -4.54. The molecule has 49 heavy (non-hydrogen) atoms. The zero-order valence-electron chi connectivity index (χ0n) is 26.1. The number of carbonyl (C=O) groups excluding carboxylic acids is 1. The van der Waals surface area contributed by atoms with Crippen LogP contribution in [0, 0.1) is 12.7 Å². The highest BCUT2D eigenvalue weighted by Gasteiger charge is 2.44. The molecule has 1 aliphatic rings. The highest BCUT2D eigenvalue weighted by molar-refractivity contribution is 7.85. The lowest BCUT2D eigenvalue weighted by Crippen LogP contribution is -2.47. The molecule has 4 aromatic rings. The molecule has 0 bridgehead atoms. The molecule has 2 N–H and O–H groups in total. The molecule has 1 aromatic heterocycles. The number of benzene rings is 3. The van der Waals surface area contributed by atoms with Crippen molar-refractivity contribution in [2.24, 2.45) is 0 Å². The zero-order valence-corrected chi connectivity index (χ0v) is 26.9. The number of ether oxygens (including phenoxy) is 1. The van der Waals surface area contributed by atoms with E-state index in [0.29, 0.717) is 11.1 Å². The first-order valence-electron chi connectivity index (χ1n) is 14.4. The van der Waals surface area contributed by atoms with E-state index >= 15 is 0 Å². The Kier molecular flexibility index (Phi) is 10.8. The number of halogens is 7. The van der Waals surface area contributed by atoms with Crippen LogP contribution >= 0.6 is 0 Å². The summed E-state index contributed by atoms with van der Waals surface area (Å²) in [5.41, 5.74) is 0.215. The molecule has 1 fully saturated rings. The van der Waals surface area contributed by atoms with Crippen molar-refractivity contribution in [2.45, 2.75) is 62.2 Å². The number of alkyl halides is 6. The van der Waals surface area contributed by atoms with Crippen LogP contribution in [0.1, 0.15) is 48.7 Å². The van der Waals surface area contributed by atoms with Gasteiger partial charge in [-0.15, -0.1) is 13.2 Å². The summed E-state index contributed by atoms with van der Waals surface area (Å²) in [5.74, 6) is -1.36. The Morgan fingerprint density at radius 1 is 0.878 bits per heavy atom. The highest BCUT2D eigenvalue weighted by Crippen LogP contribution is 2.39. The van der Waals surface area contributed by atoms with Crippen molar-refractivity contribution in [3.63, 3.8) is 0 Å². The maximum absolute atomic E-state index is 13.6. The third-order valence-electron chi connectivity index (χ3n) is 7.54. The second kappa shape index (κ2) is 14.1. The summed E-state index contributed by atoms with van der Waals surface area (Å²) in [4.78, 5) is 18.4. The van der Waals surface area contributed by atoms with E-state index in [2.05, 4.69) is 15.0 Å². The number of aromatic nitrogens is 1. The number of amides is 1. The summed E-state index contributed by atoms with van der Waals surface area (Å²) in [7, 11) is -4.02. The van der Waals surface area contributed by atoms with E-state index in [0.717, 1.165) is 30.0 Å². The molecule has 0 spiro atoms. The number of hydrogen-bond donors (Lipinski definition) is 2. The summed E-state index contributed by atoms with van der Waals surface area (Å²) < 4.78 is 123. The molecule has 0 aliphatic carbocycles. The molecule has 2 heterocycles. The van der Waals surface area contributed by atoms with Gasteiger partial charge in [-0.05, 0) is 92.9 Å². The monoisotopic (exact) mass is 713 g/mol. The van der Waals surface area contributed by atoms with E-state index in [1.165, 1.54) is 59.5 Å². The standard InChI is InChI=1S/C26H22F7N3O2.C7H8O3S/c1-24(2,16-5-12-22(34-14-16)25(28,29)30)35-20-13-21(15-3-6-17(27)7-4-15)36(23(20)37)18-8-10-19(11-9-18)38-26(31,32)33;1-6-2-4-7(5-3-6)11(8,9)10/h3-12,14,20-21,35H,13H2,1-2H3;2-5H,1H3,(H,8,9,10)/t20-,21-;/m0./s1. The average Bonchev–Trinajstić information content (AvgIpc) is 3.31. The van der Waals surface area contributed by atoms with Crippen molar-refractivity contribution < 1.29 is 53.2 Å². The fourth-order valence-electron chi connectivity index (χ4n) is 5.12. The number of pyridine rings is 1. The molecule has 1 amide bonds. The first-order chi connectivity index (χ1) is 22.6. The quantitative estimate of drug-likeness (QED) is 0.149. The molecule has 8 nitrogen and oxygen atoms in total. The number of rotatable bonds is 7. The van der Waals surface area contributed by atoms with E-state index in [-0.39, 0.29) is 17.0 Å². The largest absolute Gasteiger partial charge is 0.573 e. The van der Waals surface area contributed by atoms with Crippen molar-refractivity contribution in [3.05, 3.63) is 119 Å². The van der Waals surface area contributed by atoms with Gasteiger partial charge in [0.15, 0.2) is 0 Å². The Bertz CT molecular complexity index is 1850. The summed E-state index contributed by atoms with van der Waals surface area (Å²) in [5, 5.41) is 3.17. The van der Waals surface area contributed by atoms with Crippen LogP contribution < -0.4 is 15.0 Å². The summed E-state index contributed by atoms with van der Waals surface area (Å²) in [6, 6.07) is 17.0. The van der Waals surface area contributed by atoms with Gasteiger partial charge in [-0.3, -0.25) is 19.6 Å². The second-order valence-electron chi connectivity index (χ2n) is 11.6. The molecule has 1 aliphatic heterocycles. The number of hydrogen-bond acceptors (Lipinski definition) is 6. The zero-order chi connectivity index (χ0) is 36.4. The fraction of sp³-hybridized carbons (Fsp3) is 0.273. The van der Waals surface area contributed by atoms with Crippen LogP contribution in [0.4, 0.5) is 36.4 Å². The predicted octanol–water partition coefficient (Wildman–Crippen LogP) is 7.75. The fourth-order valence-corrected chi connectivity index (χ4v) is 5.60. The van der Waals surface area contributed by atoms with Crippen LogP contribution in [0.5, 0.6) is 5.75 Å². The summed E-state index contributed by atoms with van der Waals surface area (Å²) in [6.07, 6.45) is -8.19. The van der Waals surface area contributed by atoms with Crippen LogP contribution in [0.25, 0.3) is 0 Å². The lowest BCUT2D eigenvalue weighted by Gasteiger charge is -2.30. The van der Waals surface area contributed by atoms with E-state index < -0.39 is 63.4 Å². The Morgan fingerprint density at radius 3 is 1.96 bits per heavy atom. The van der Waals surface area contributed by atoms with Crippen LogP contribution in [0.2, 0.25) is 0 Å². The molecule has 2 atom stereocenters. The third kappa shape index (κ3) is 9.77. The molecular formula is C33H30F7N3O5S. The lowest BCUT2D eigenvalue weighted by atomic mass is 9.93. The molecule has 0 saturated carbocycles. The Balaban J connectivity index is 0.000000418. The molecule has 0 unspecified atom stereocenters. The van der Waals surface area contributed by atoms with Crippen molar-refractivity contribution in [3.8, 4) is 5.75 Å². The Labute approximate surface area is 277 Å². The number of anilines is 1. The van der Waals surface area contributed by atoms with Crippen molar-refractivity contribution in [1.82, 2.24) is 10.3 Å². The molecule has 0 radical (unpaired) electrons. The van der Waals surface area contributed by atoms with E-state index in [1.807, 2.05) is 6.92 Å². The van der Waals surface area contributed by atoms with Gasteiger partial charge in [0.05, 0.1) is 17.0 Å². The molecule has 16 heteroatoms. The van der Waals surface area contributed by atoms with E-state index in [9.17, 15) is 43.9 Å². The first kappa shape index (κ1) is 37.3. The first-order valence-corrected chi connectivity index (χ1v) is 15.9. The van der Waals surface area contributed by atoms with E-state index in [1.54, 1.807) is 26.0 Å². The second-order valence-corrected chi connectivity index (χ2v) is 13.0. The molecule has 5 rings (SSSR count). The Morgan fingerprint density at radius 2 is 1.47 bits per heavy atom. The maximum Gasteiger partial charge on any atom is 0.573 e. The van der Waals surface area contributed by atoms with Crippen molar-refractivity contribution >= 4 is 21.7 Å². The van der Waals surface area contributed by atoms with Gasteiger partial charge < -0.3 is 9.64 Å². The average molecular weight is 714 g/mol. The summed E-state index contributed by atoms with van der Waals surface area (Å²) in [6.45, 7) is 5.21. The molecule has 3 aromatic carbocycles. The topological polar surface area (TPSA) is 109 Å². The number of nitrogens with one attached hydrogen (secondary N) is 1. The number of nitrogens with zero attached hydrogens (tertiary/aromatic N) is 2. The normalized spacial score (nSPS) is 17.0. The van der Waals surface area contributed by atoms with Gasteiger partial charge in [0.25, 0.3) is 10.1 Å². The molecule has 262 valence electrons. The molecule has 1 saturated heterocycles.